The molecule has 0 aromatic heterocycles. The largest absolute Gasteiger partial charge is 0.480 e. The summed E-state index contributed by atoms with van der Waals surface area (Å²) in [5.41, 5.74) is 0.781. The van der Waals surface area contributed by atoms with Crippen molar-refractivity contribution in [2.75, 3.05) is 20.2 Å². The number of nitrogens with zero attached hydrogens (tertiary/aromatic N) is 1. The first kappa shape index (κ1) is 17.1. The summed E-state index contributed by atoms with van der Waals surface area (Å²) in [5.74, 6) is -2.04. The van der Waals surface area contributed by atoms with Crippen molar-refractivity contribution in [3.63, 3.8) is 0 Å². The summed E-state index contributed by atoms with van der Waals surface area (Å²) in [4.78, 5) is 21.9. The lowest BCUT2D eigenvalue weighted by Gasteiger charge is -2.18. The molecule has 1 aromatic rings. The Bertz CT molecular complexity index is 608. The number of ether oxygens (including phenoxy) is 1. The van der Waals surface area contributed by atoms with Crippen molar-refractivity contribution in [2.24, 2.45) is 0 Å². The number of hydrogen-bond donors (Lipinski definition) is 1. The number of esters is 1. The van der Waals surface area contributed by atoms with Crippen LogP contribution in [0.5, 0.6) is 0 Å². The molecule has 1 rings (SSSR count). The number of carboxylic acids is 1. The molecular weight excluding hydrogens is 298 g/mol. The summed E-state index contributed by atoms with van der Waals surface area (Å²) in [7, 11) is -2.47. The Morgan fingerprint density at radius 1 is 1.24 bits per heavy atom. The average Bonchev–Trinajstić information content (AvgIpc) is 2.43. The summed E-state index contributed by atoms with van der Waals surface area (Å²) in [6, 6.07) is 5.92. The number of hydrogen-bond acceptors (Lipinski definition) is 5. The predicted molar refractivity (Wildman–Crippen MR) is 75.3 cm³/mol. The zero-order chi connectivity index (χ0) is 16.0. The third kappa shape index (κ3) is 4.83. The van der Waals surface area contributed by atoms with Gasteiger partial charge in [0.15, 0.2) is 0 Å². The van der Waals surface area contributed by atoms with E-state index in [1.54, 1.807) is 6.92 Å². The minimum atomic E-state index is -3.72. The second kappa shape index (κ2) is 7.19. The van der Waals surface area contributed by atoms with E-state index in [0.29, 0.717) is 11.1 Å². The molecule has 0 aliphatic carbocycles. The molecule has 0 saturated carbocycles. The van der Waals surface area contributed by atoms with Gasteiger partial charge < -0.3 is 9.84 Å². The number of carbonyl (C=O) groups excluding carboxylic acids is 1. The van der Waals surface area contributed by atoms with Gasteiger partial charge in [0.05, 0.1) is 18.4 Å². The highest BCUT2D eigenvalue weighted by Crippen LogP contribution is 2.12. The van der Waals surface area contributed by atoms with Crippen LogP contribution in [0.15, 0.2) is 24.3 Å². The third-order valence-corrected chi connectivity index (χ3v) is 4.65. The summed E-state index contributed by atoms with van der Waals surface area (Å²) < 4.78 is 29.7. The molecule has 0 atom stereocenters. The molecule has 0 saturated heterocycles. The van der Waals surface area contributed by atoms with E-state index in [1.807, 2.05) is 0 Å². The molecule has 8 heteroatoms. The van der Waals surface area contributed by atoms with Gasteiger partial charge in [0, 0.05) is 6.54 Å². The van der Waals surface area contributed by atoms with Crippen molar-refractivity contribution in [3.8, 4) is 0 Å². The highest BCUT2D eigenvalue weighted by Gasteiger charge is 2.23. The maximum atomic E-state index is 12.1. The number of carbonyl (C=O) groups is 2. The molecule has 0 spiro atoms. The second-order valence-electron chi connectivity index (χ2n) is 4.26. The zero-order valence-electron chi connectivity index (χ0n) is 11.8. The number of likely N-dealkylation sites (N-methyl/N-ethyl adjacent to an activating group) is 1. The topological polar surface area (TPSA) is 101 Å². The number of aliphatic carboxylic acids is 1. The molecule has 7 nitrogen and oxygen atoms in total. The fourth-order valence-electron chi connectivity index (χ4n) is 1.71. The molecule has 1 N–H and O–H groups in total. The van der Waals surface area contributed by atoms with Gasteiger partial charge in [-0.1, -0.05) is 19.1 Å². The van der Waals surface area contributed by atoms with Crippen LogP contribution in [0.1, 0.15) is 22.8 Å². The monoisotopic (exact) mass is 315 g/mol. The van der Waals surface area contributed by atoms with Crippen molar-refractivity contribution in [2.45, 2.75) is 12.7 Å². The molecule has 0 radical (unpaired) electrons. The van der Waals surface area contributed by atoms with Crippen molar-refractivity contribution in [3.05, 3.63) is 35.4 Å². The van der Waals surface area contributed by atoms with E-state index >= 15 is 0 Å². The molecular formula is C13H17NO6S. The Labute approximate surface area is 123 Å². The number of sulfonamides is 1. The highest BCUT2D eigenvalue weighted by atomic mass is 32.2. The van der Waals surface area contributed by atoms with Gasteiger partial charge >= 0.3 is 11.9 Å². The molecule has 116 valence electrons. The van der Waals surface area contributed by atoms with Crippen LogP contribution in [0.3, 0.4) is 0 Å². The number of rotatable bonds is 7. The molecule has 0 heterocycles. The van der Waals surface area contributed by atoms with Crippen molar-refractivity contribution in [1.29, 1.82) is 0 Å². The molecule has 0 bridgehead atoms. The summed E-state index contributed by atoms with van der Waals surface area (Å²) in [6.45, 7) is 1.08. The Morgan fingerprint density at radius 3 is 2.24 bits per heavy atom. The minimum Gasteiger partial charge on any atom is -0.480 e. The average molecular weight is 315 g/mol. The molecule has 0 aliphatic rings. The van der Waals surface area contributed by atoms with E-state index in [2.05, 4.69) is 4.74 Å². The van der Waals surface area contributed by atoms with Gasteiger partial charge in [-0.2, -0.15) is 4.31 Å². The third-order valence-electron chi connectivity index (χ3n) is 2.78. The molecule has 21 heavy (non-hydrogen) atoms. The quantitative estimate of drug-likeness (QED) is 0.744. The standard InChI is InChI=1S/C13H17NO6S/c1-3-14(8-12(15)16)21(18,19)9-10-4-6-11(7-5-10)13(17)20-2/h4-7H,3,8-9H2,1-2H3,(H,15,16). The van der Waals surface area contributed by atoms with Crippen LogP contribution >= 0.6 is 0 Å². The van der Waals surface area contributed by atoms with Crippen LogP contribution in [-0.2, 0) is 25.3 Å². The number of benzene rings is 1. The first-order chi connectivity index (χ1) is 9.80. The SMILES string of the molecule is CCN(CC(=O)O)S(=O)(=O)Cc1ccc(C(=O)OC)cc1. The van der Waals surface area contributed by atoms with Gasteiger partial charge in [0.2, 0.25) is 10.0 Å². The maximum absolute atomic E-state index is 12.1. The molecule has 0 fully saturated rings. The van der Waals surface area contributed by atoms with E-state index in [1.165, 1.54) is 31.4 Å². The van der Waals surface area contributed by atoms with Gasteiger partial charge in [-0.25, -0.2) is 13.2 Å². The molecule has 0 unspecified atom stereocenters. The van der Waals surface area contributed by atoms with Crippen LogP contribution in [0.4, 0.5) is 0 Å². The predicted octanol–water partition coefficient (Wildman–Crippen LogP) is 0.709. The van der Waals surface area contributed by atoms with E-state index in [4.69, 9.17) is 5.11 Å². The Morgan fingerprint density at radius 2 is 1.81 bits per heavy atom. The highest BCUT2D eigenvalue weighted by molar-refractivity contribution is 7.88. The maximum Gasteiger partial charge on any atom is 0.337 e. The lowest BCUT2D eigenvalue weighted by Crippen LogP contribution is -2.36. The van der Waals surface area contributed by atoms with Gasteiger partial charge in [-0.05, 0) is 17.7 Å². The van der Waals surface area contributed by atoms with Crippen molar-refractivity contribution >= 4 is 22.0 Å². The fourth-order valence-corrected chi connectivity index (χ4v) is 3.21. The minimum absolute atomic E-state index is 0.0783. The lowest BCUT2D eigenvalue weighted by atomic mass is 10.1. The van der Waals surface area contributed by atoms with E-state index in [0.717, 1.165) is 4.31 Å². The smallest absolute Gasteiger partial charge is 0.337 e. The Hall–Kier alpha value is -1.93. The van der Waals surface area contributed by atoms with Crippen LogP contribution in [-0.4, -0.2) is 50.0 Å². The summed E-state index contributed by atoms with van der Waals surface area (Å²) >= 11 is 0. The van der Waals surface area contributed by atoms with E-state index < -0.39 is 28.5 Å². The first-order valence-corrected chi connectivity index (χ1v) is 7.78. The van der Waals surface area contributed by atoms with Crippen LogP contribution in [0.2, 0.25) is 0 Å². The Balaban J connectivity index is 2.88. The van der Waals surface area contributed by atoms with Gasteiger partial charge in [-0.3, -0.25) is 4.79 Å². The number of carboxylic acid groups (broad SMARTS) is 1. The molecule has 0 amide bonds. The van der Waals surface area contributed by atoms with Gasteiger partial charge in [0.1, 0.15) is 6.54 Å². The zero-order valence-corrected chi connectivity index (χ0v) is 12.6. The van der Waals surface area contributed by atoms with Crippen LogP contribution < -0.4 is 0 Å². The first-order valence-electron chi connectivity index (χ1n) is 6.17. The normalized spacial score (nSPS) is 11.4. The van der Waals surface area contributed by atoms with Gasteiger partial charge in [-0.15, -0.1) is 0 Å². The van der Waals surface area contributed by atoms with E-state index in [-0.39, 0.29) is 12.3 Å². The molecule has 1 aromatic carbocycles. The van der Waals surface area contributed by atoms with Crippen molar-refractivity contribution in [1.82, 2.24) is 4.31 Å². The summed E-state index contributed by atoms with van der Waals surface area (Å²) in [6.07, 6.45) is 0. The van der Waals surface area contributed by atoms with Crippen LogP contribution in [0.25, 0.3) is 0 Å². The van der Waals surface area contributed by atoms with Crippen molar-refractivity contribution < 1.29 is 27.9 Å². The molecule has 0 aliphatic heterocycles. The van der Waals surface area contributed by atoms with E-state index in [9.17, 15) is 18.0 Å². The van der Waals surface area contributed by atoms with Crippen LogP contribution in [0, 0.1) is 0 Å². The second-order valence-corrected chi connectivity index (χ2v) is 6.23. The van der Waals surface area contributed by atoms with Gasteiger partial charge in [0.25, 0.3) is 0 Å². The Kier molecular flexibility index (Phi) is 5.86. The fraction of sp³-hybridized carbons (Fsp3) is 0.385. The summed E-state index contributed by atoms with van der Waals surface area (Å²) in [5, 5.41) is 8.71. The number of methoxy groups -OCH3 is 1. The lowest BCUT2D eigenvalue weighted by molar-refractivity contribution is -0.137.